The molecule has 8 heteroatoms. The number of carboxylic acid groups (broad SMARTS) is 1. The van der Waals surface area contributed by atoms with E-state index in [1.807, 2.05) is 13.8 Å². The van der Waals surface area contributed by atoms with E-state index >= 15 is 0 Å². The number of carboxylic acids is 1. The molecule has 1 aromatic heterocycles. The molecule has 2 fully saturated rings. The van der Waals surface area contributed by atoms with E-state index in [2.05, 4.69) is 4.98 Å². The number of carbonyl (C=O) groups excluding carboxylic acids is 1. The Kier molecular flexibility index (Phi) is 8.57. The number of aromatic hydroxyl groups is 1. The molecule has 2 aliphatic rings. The van der Waals surface area contributed by atoms with Gasteiger partial charge in [0.25, 0.3) is 0 Å². The predicted molar refractivity (Wildman–Crippen MR) is 104 cm³/mol. The topological polar surface area (TPSA) is 115 Å². The van der Waals surface area contributed by atoms with Gasteiger partial charge in [0.2, 0.25) is 0 Å². The highest BCUT2D eigenvalue weighted by Gasteiger charge is 2.44. The lowest BCUT2D eigenvalue weighted by molar-refractivity contribution is -0.0148. The SMILES string of the molecule is CC.O=C(O)c1ccccc1O.O=C(OC1CO[C@@H]2CCO[C@H]12)c1cccnc1. The highest BCUT2D eigenvalue weighted by Crippen LogP contribution is 2.28. The van der Waals surface area contributed by atoms with Crippen LogP contribution in [0.5, 0.6) is 5.75 Å². The minimum absolute atomic E-state index is 0.0671. The van der Waals surface area contributed by atoms with Crippen LogP contribution in [0.25, 0.3) is 0 Å². The summed E-state index contributed by atoms with van der Waals surface area (Å²) in [6.45, 7) is 5.09. The third-order valence-electron chi connectivity index (χ3n) is 4.21. The molecule has 29 heavy (non-hydrogen) atoms. The molecule has 4 rings (SSSR count). The van der Waals surface area contributed by atoms with Crippen molar-refractivity contribution in [2.45, 2.75) is 38.6 Å². The van der Waals surface area contributed by atoms with Gasteiger partial charge >= 0.3 is 11.9 Å². The van der Waals surface area contributed by atoms with Crippen molar-refractivity contribution in [2.24, 2.45) is 0 Å². The standard InChI is InChI=1S/C12H13NO4.C7H6O3.C2H6/c14-12(8-2-1-4-13-6-8)17-10-7-16-9-3-5-15-11(9)10;8-6-4-2-1-3-5(6)7(9)10;1-2/h1-2,4,6,9-11H,3,5,7H2;1-4,8H,(H,9,10);1-2H3/t9-,10?,11+;;/m1../s1. The van der Waals surface area contributed by atoms with Gasteiger partial charge in [0, 0.05) is 19.0 Å². The molecule has 0 bridgehead atoms. The maximum Gasteiger partial charge on any atom is 0.340 e. The predicted octanol–water partition coefficient (Wildman–Crippen LogP) is 2.91. The van der Waals surface area contributed by atoms with Crippen LogP contribution in [0.1, 0.15) is 41.0 Å². The Bertz CT molecular complexity index is 797. The fraction of sp³-hybridized carbons (Fsp3) is 0.381. The summed E-state index contributed by atoms with van der Waals surface area (Å²) in [6.07, 6.45) is 3.68. The smallest absolute Gasteiger partial charge is 0.340 e. The number of rotatable bonds is 3. The first kappa shape index (κ1) is 22.3. The van der Waals surface area contributed by atoms with Crippen LogP contribution >= 0.6 is 0 Å². The molecule has 2 saturated heterocycles. The zero-order valence-corrected chi connectivity index (χ0v) is 16.4. The highest BCUT2D eigenvalue weighted by atomic mass is 16.6. The second-order valence-electron chi connectivity index (χ2n) is 6.00. The quantitative estimate of drug-likeness (QED) is 0.752. The van der Waals surface area contributed by atoms with E-state index in [9.17, 15) is 9.59 Å². The summed E-state index contributed by atoms with van der Waals surface area (Å²) < 4.78 is 16.4. The summed E-state index contributed by atoms with van der Waals surface area (Å²) in [7, 11) is 0. The van der Waals surface area contributed by atoms with Crippen molar-refractivity contribution in [1.82, 2.24) is 4.98 Å². The normalized spacial score (nSPS) is 21.7. The first-order valence-electron chi connectivity index (χ1n) is 9.41. The van der Waals surface area contributed by atoms with Gasteiger partial charge in [-0.3, -0.25) is 4.98 Å². The molecule has 1 unspecified atom stereocenters. The number of pyridine rings is 1. The molecule has 2 aliphatic heterocycles. The third-order valence-corrected chi connectivity index (χ3v) is 4.21. The average molecular weight is 403 g/mol. The minimum Gasteiger partial charge on any atom is -0.507 e. The molecule has 0 saturated carbocycles. The van der Waals surface area contributed by atoms with E-state index in [4.69, 9.17) is 24.4 Å². The number of ether oxygens (including phenoxy) is 3. The molecule has 156 valence electrons. The van der Waals surface area contributed by atoms with Gasteiger partial charge in [-0.2, -0.15) is 0 Å². The second-order valence-corrected chi connectivity index (χ2v) is 6.00. The maximum absolute atomic E-state index is 11.8. The van der Waals surface area contributed by atoms with E-state index in [1.165, 1.54) is 18.3 Å². The van der Waals surface area contributed by atoms with Gasteiger partial charge in [0.1, 0.15) is 17.4 Å². The molecular formula is C21H25NO7. The molecule has 0 aliphatic carbocycles. The van der Waals surface area contributed by atoms with Crippen LogP contribution in [0, 0.1) is 0 Å². The molecule has 2 N–H and O–H groups in total. The number of fused-ring (bicyclic) bond motifs is 1. The fourth-order valence-electron chi connectivity index (χ4n) is 2.87. The molecule has 0 radical (unpaired) electrons. The zero-order chi connectivity index (χ0) is 21.2. The van der Waals surface area contributed by atoms with Crippen molar-refractivity contribution in [2.75, 3.05) is 13.2 Å². The summed E-state index contributed by atoms with van der Waals surface area (Å²) in [5.74, 6) is -1.68. The van der Waals surface area contributed by atoms with E-state index in [1.54, 1.807) is 30.5 Å². The lowest BCUT2D eigenvalue weighted by Crippen LogP contribution is -2.32. The van der Waals surface area contributed by atoms with Crippen LogP contribution in [0.15, 0.2) is 48.8 Å². The third kappa shape index (κ3) is 6.00. The van der Waals surface area contributed by atoms with Crippen LogP contribution in [0.3, 0.4) is 0 Å². The molecule has 3 heterocycles. The van der Waals surface area contributed by atoms with E-state index in [-0.39, 0.29) is 35.6 Å². The average Bonchev–Trinajstić information content (AvgIpc) is 3.36. The van der Waals surface area contributed by atoms with Crippen LogP contribution in [0.2, 0.25) is 0 Å². The Hall–Kier alpha value is -2.97. The van der Waals surface area contributed by atoms with Crippen LogP contribution < -0.4 is 0 Å². The van der Waals surface area contributed by atoms with Gasteiger partial charge in [-0.15, -0.1) is 0 Å². The highest BCUT2D eigenvalue weighted by molar-refractivity contribution is 5.90. The Labute approximate surface area is 169 Å². The van der Waals surface area contributed by atoms with Crippen molar-refractivity contribution in [3.63, 3.8) is 0 Å². The van der Waals surface area contributed by atoms with Gasteiger partial charge in [-0.05, 0) is 30.7 Å². The van der Waals surface area contributed by atoms with E-state index < -0.39 is 5.97 Å². The number of aromatic carboxylic acids is 1. The second kappa shape index (κ2) is 11.1. The largest absolute Gasteiger partial charge is 0.507 e. The van der Waals surface area contributed by atoms with E-state index in [0.29, 0.717) is 18.8 Å². The van der Waals surface area contributed by atoms with Gasteiger partial charge in [-0.1, -0.05) is 26.0 Å². The number of phenols is 1. The van der Waals surface area contributed by atoms with Crippen LogP contribution in [-0.4, -0.2) is 58.7 Å². The molecule has 1 aromatic carbocycles. The van der Waals surface area contributed by atoms with Crippen LogP contribution in [-0.2, 0) is 14.2 Å². The molecular weight excluding hydrogens is 378 g/mol. The number of esters is 1. The number of hydrogen-bond acceptors (Lipinski definition) is 7. The number of carbonyl (C=O) groups is 2. The first-order chi connectivity index (χ1) is 14.1. The number of benzene rings is 1. The van der Waals surface area contributed by atoms with Gasteiger partial charge in [0.05, 0.1) is 18.3 Å². The van der Waals surface area contributed by atoms with Crippen molar-refractivity contribution < 1.29 is 34.0 Å². The van der Waals surface area contributed by atoms with Crippen molar-refractivity contribution in [3.8, 4) is 5.75 Å². The van der Waals surface area contributed by atoms with Crippen LogP contribution in [0.4, 0.5) is 0 Å². The number of hydrogen-bond donors (Lipinski definition) is 2. The Morgan fingerprint density at radius 1 is 1.14 bits per heavy atom. The zero-order valence-electron chi connectivity index (χ0n) is 16.4. The number of para-hydroxylation sites is 1. The summed E-state index contributed by atoms with van der Waals surface area (Å²) >= 11 is 0. The summed E-state index contributed by atoms with van der Waals surface area (Å²) in [5.41, 5.74) is 0.386. The lowest BCUT2D eigenvalue weighted by atomic mass is 10.1. The van der Waals surface area contributed by atoms with Gasteiger partial charge < -0.3 is 24.4 Å². The lowest BCUT2D eigenvalue weighted by Gasteiger charge is -2.16. The maximum atomic E-state index is 11.8. The van der Waals surface area contributed by atoms with Gasteiger partial charge in [0.15, 0.2) is 6.10 Å². The number of aromatic nitrogens is 1. The summed E-state index contributed by atoms with van der Waals surface area (Å²) in [6, 6.07) is 9.20. The summed E-state index contributed by atoms with van der Waals surface area (Å²) in [5, 5.41) is 17.3. The first-order valence-corrected chi connectivity index (χ1v) is 9.41. The van der Waals surface area contributed by atoms with Gasteiger partial charge in [-0.25, -0.2) is 9.59 Å². The van der Waals surface area contributed by atoms with Crippen molar-refractivity contribution in [3.05, 3.63) is 59.9 Å². The Morgan fingerprint density at radius 3 is 2.52 bits per heavy atom. The fourth-order valence-corrected chi connectivity index (χ4v) is 2.87. The van der Waals surface area contributed by atoms with Crippen molar-refractivity contribution >= 4 is 11.9 Å². The molecule has 2 aromatic rings. The number of nitrogens with zero attached hydrogens (tertiary/aromatic N) is 1. The summed E-state index contributed by atoms with van der Waals surface area (Å²) in [4.78, 5) is 26.0. The van der Waals surface area contributed by atoms with Crippen molar-refractivity contribution in [1.29, 1.82) is 0 Å². The minimum atomic E-state index is -1.11. The molecule has 3 atom stereocenters. The van der Waals surface area contributed by atoms with E-state index in [0.717, 1.165) is 6.42 Å². The molecule has 0 spiro atoms. The molecule has 8 nitrogen and oxygen atoms in total. The Morgan fingerprint density at radius 2 is 1.90 bits per heavy atom. The Balaban J connectivity index is 0.000000215. The molecule has 0 amide bonds. The monoisotopic (exact) mass is 403 g/mol.